The molecule has 0 radical (unpaired) electrons. The molecule has 0 spiro atoms. The molecule has 0 aliphatic carbocycles. The fourth-order valence-electron chi connectivity index (χ4n) is 2.97. The third kappa shape index (κ3) is 3.64. The molecule has 0 unspecified atom stereocenters. The van der Waals surface area contributed by atoms with Gasteiger partial charge in [-0.05, 0) is 23.8 Å². The molecule has 7 heteroatoms. The van der Waals surface area contributed by atoms with Gasteiger partial charge < -0.3 is 15.0 Å². The molecule has 4 rings (SSSR count). The third-order valence-electron chi connectivity index (χ3n) is 4.33. The molecule has 2 aromatic carbocycles. The first-order valence-corrected chi connectivity index (χ1v) is 8.50. The summed E-state index contributed by atoms with van der Waals surface area (Å²) in [7, 11) is 1.33. The van der Waals surface area contributed by atoms with Crippen LogP contribution in [0, 0.1) is 0 Å². The van der Waals surface area contributed by atoms with E-state index in [1.165, 1.54) is 13.2 Å². The lowest BCUT2D eigenvalue weighted by Gasteiger charge is -2.12. The van der Waals surface area contributed by atoms with Crippen LogP contribution >= 0.6 is 0 Å². The SMILES string of the molecule is COc1cc(Nc2cc3[nH]c(-c4ccccc4)cc3cn2)cc(C(F)(F)F)c1. The highest BCUT2D eigenvalue weighted by molar-refractivity contribution is 5.87. The zero-order chi connectivity index (χ0) is 19.7. The number of pyridine rings is 1. The Balaban J connectivity index is 1.67. The van der Waals surface area contributed by atoms with Gasteiger partial charge in [-0.3, -0.25) is 0 Å². The van der Waals surface area contributed by atoms with Crippen molar-refractivity contribution in [1.29, 1.82) is 0 Å². The van der Waals surface area contributed by atoms with Crippen molar-refractivity contribution in [2.45, 2.75) is 6.18 Å². The number of halogens is 3. The summed E-state index contributed by atoms with van der Waals surface area (Å²) >= 11 is 0. The molecule has 28 heavy (non-hydrogen) atoms. The van der Waals surface area contributed by atoms with E-state index in [0.29, 0.717) is 5.82 Å². The Morgan fingerprint density at radius 1 is 1.00 bits per heavy atom. The van der Waals surface area contributed by atoms with Gasteiger partial charge in [0.2, 0.25) is 0 Å². The number of benzene rings is 2. The largest absolute Gasteiger partial charge is 0.497 e. The predicted octanol–water partition coefficient (Wildman–Crippen LogP) is 6.00. The monoisotopic (exact) mass is 383 g/mol. The number of hydrogen-bond acceptors (Lipinski definition) is 3. The number of anilines is 2. The van der Waals surface area contributed by atoms with Gasteiger partial charge in [0, 0.05) is 35.1 Å². The van der Waals surface area contributed by atoms with Crippen molar-refractivity contribution in [2.24, 2.45) is 0 Å². The molecule has 2 N–H and O–H groups in total. The van der Waals surface area contributed by atoms with Gasteiger partial charge in [0.25, 0.3) is 0 Å². The minimum absolute atomic E-state index is 0.115. The van der Waals surface area contributed by atoms with Crippen LogP contribution in [-0.2, 0) is 6.18 Å². The summed E-state index contributed by atoms with van der Waals surface area (Å²) in [5, 5.41) is 3.83. The number of ether oxygens (including phenoxy) is 1. The van der Waals surface area contributed by atoms with Crippen molar-refractivity contribution in [1.82, 2.24) is 9.97 Å². The Morgan fingerprint density at radius 2 is 1.79 bits per heavy atom. The van der Waals surface area contributed by atoms with Gasteiger partial charge in [0.05, 0.1) is 18.2 Å². The third-order valence-corrected chi connectivity index (χ3v) is 4.33. The van der Waals surface area contributed by atoms with Gasteiger partial charge in [-0.1, -0.05) is 30.3 Å². The maximum absolute atomic E-state index is 13.1. The molecule has 0 bridgehead atoms. The first-order valence-electron chi connectivity index (χ1n) is 8.50. The van der Waals surface area contributed by atoms with E-state index in [0.717, 1.165) is 34.3 Å². The minimum Gasteiger partial charge on any atom is -0.497 e. The Bertz CT molecular complexity index is 1120. The number of nitrogens with zero attached hydrogens (tertiary/aromatic N) is 1. The zero-order valence-corrected chi connectivity index (χ0v) is 14.8. The van der Waals surface area contributed by atoms with E-state index in [1.807, 2.05) is 36.4 Å². The molecule has 0 atom stereocenters. The maximum Gasteiger partial charge on any atom is 0.416 e. The van der Waals surface area contributed by atoms with E-state index < -0.39 is 11.7 Å². The number of H-pyrrole nitrogens is 1. The molecule has 0 saturated carbocycles. The molecule has 2 heterocycles. The van der Waals surface area contributed by atoms with E-state index in [9.17, 15) is 13.2 Å². The lowest BCUT2D eigenvalue weighted by molar-refractivity contribution is -0.137. The topological polar surface area (TPSA) is 49.9 Å². The van der Waals surface area contributed by atoms with Crippen LogP contribution in [0.25, 0.3) is 22.2 Å². The summed E-state index contributed by atoms with van der Waals surface area (Å²) in [5.74, 6) is 0.542. The number of nitrogens with one attached hydrogen (secondary N) is 2. The van der Waals surface area contributed by atoms with Crippen molar-refractivity contribution in [3.8, 4) is 17.0 Å². The highest BCUT2D eigenvalue weighted by Crippen LogP contribution is 2.35. The molecule has 0 fully saturated rings. The molecule has 2 aromatic heterocycles. The minimum atomic E-state index is -4.47. The van der Waals surface area contributed by atoms with E-state index in [2.05, 4.69) is 15.3 Å². The van der Waals surface area contributed by atoms with Crippen LogP contribution in [-0.4, -0.2) is 17.1 Å². The quantitative estimate of drug-likeness (QED) is 0.454. The number of aromatic nitrogens is 2. The smallest absolute Gasteiger partial charge is 0.416 e. The fourth-order valence-corrected chi connectivity index (χ4v) is 2.97. The summed E-state index contributed by atoms with van der Waals surface area (Å²) in [6, 6.07) is 17.0. The molecule has 4 nitrogen and oxygen atoms in total. The standard InChI is InChI=1S/C21H16F3N3O/c1-28-17-9-15(21(22,23)24)8-16(10-17)26-20-11-19-14(12-25-20)7-18(27-19)13-5-3-2-4-6-13/h2-12,27H,1H3,(H,25,26). The normalized spacial score (nSPS) is 11.6. The van der Waals surface area contributed by atoms with Crippen LogP contribution in [0.15, 0.2) is 66.9 Å². The first kappa shape index (κ1) is 17.9. The van der Waals surface area contributed by atoms with Crippen molar-refractivity contribution >= 4 is 22.4 Å². The van der Waals surface area contributed by atoms with Crippen LogP contribution in [0.2, 0.25) is 0 Å². The highest BCUT2D eigenvalue weighted by Gasteiger charge is 2.31. The molecule has 0 amide bonds. The molecular weight excluding hydrogens is 367 g/mol. The van der Waals surface area contributed by atoms with Crippen LogP contribution in [0.3, 0.4) is 0 Å². The number of aromatic amines is 1. The first-order chi connectivity index (χ1) is 13.4. The number of hydrogen-bond donors (Lipinski definition) is 2. The van der Waals surface area contributed by atoms with E-state index in [1.54, 1.807) is 12.3 Å². The molecule has 142 valence electrons. The fraction of sp³-hybridized carbons (Fsp3) is 0.0952. The van der Waals surface area contributed by atoms with Crippen molar-refractivity contribution in [3.05, 3.63) is 72.4 Å². The van der Waals surface area contributed by atoms with Gasteiger partial charge >= 0.3 is 6.18 Å². The molecule has 4 aromatic rings. The number of methoxy groups -OCH3 is 1. The van der Waals surface area contributed by atoms with Crippen LogP contribution in [0.1, 0.15) is 5.56 Å². The van der Waals surface area contributed by atoms with Gasteiger partial charge in [0.1, 0.15) is 11.6 Å². The molecular formula is C21H16F3N3O. The summed E-state index contributed by atoms with van der Waals surface area (Å²) in [5.41, 5.74) is 2.26. The lowest BCUT2D eigenvalue weighted by atomic mass is 10.1. The van der Waals surface area contributed by atoms with Gasteiger partial charge in [-0.2, -0.15) is 13.2 Å². The highest BCUT2D eigenvalue weighted by atomic mass is 19.4. The molecule has 0 aliphatic heterocycles. The second-order valence-electron chi connectivity index (χ2n) is 6.28. The summed E-state index contributed by atoms with van der Waals surface area (Å²) in [6.07, 6.45) is -2.79. The van der Waals surface area contributed by atoms with Gasteiger partial charge in [-0.15, -0.1) is 0 Å². The Kier molecular flexibility index (Phi) is 4.43. The number of fused-ring (bicyclic) bond motifs is 1. The maximum atomic E-state index is 13.1. The average molecular weight is 383 g/mol. The Hall–Kier alpha value is -3.48. The summed E-state index contributed by atoms with van der Waals surface area (Å²) in [4.78, 5) is 7.61. The summed E-state index contributed by atoms with van der Waals surface area (Å²) in [6.45, 7) is 0. The lowest BCUT2D eigenvalue weighted by Crippen LogP contribution is -2.06. The second kappa shape index (κ2) is 6.92. The second-order valence-corrected chi connectivity index (χ2v) is 6.28. The predicted molar refractivity (Wildman–Crippen MR) is 103 cm³/mol. The Labute approximate surface area is 159 Å². The number of rotatable bonds is 4. The zero-order valence-electron chi connectivity index (χ0n) is 14.8. The van der Waals surface area contributed by atoms with Crippen molar-refractivity contribution in [3.63, 3.8) is 0 Å². The van der Waals surface area contributed by atoms with Gasteiger partial charge in [0.15, 0.2) is 0 Å². The molecule has 0 aliphatic rings. The number of alkyl halides is 3. The van der Waals surface area contributed by atoms with E-state index in [4.69, 9.17) is 4.74 Å². The average Bonchev–Trinajstić information content (AvgIpc) is 3.11. The molecule has 0 saturated heterocycles. The van der Waals surface area contributed by atoms with Crippen LogP contribution in [0.5, 0.6) is 5.75 Å². The van der Waals surface area contributed by atoms with E-state index in [-0.39, 0.29) is 11.4 Å². The van der Waals surface area contributed by atoms with E-state index >= 15 is 0 Å². The van der Waals surface area contributed by atoms with Crippen LogP contribution in [0.4, 0.5) is 24.7 Å². The summed E-state index contributed by atoms with van der Waals surface area (Å²) < 4.78 is 44.3. The van der Waals surface area contributed by atoms with Crippen LogP contribution < -0.4 is 10.1 Å². The van der Waals surface area contributed by atoms with Crippen molar-refractivity contribution < 1.29 is 17.9 Å². The Morgan fingerprint density at radius 3 is 2.50 bits per heavy atom. The van der Waals surface area contributed by atoms with Crippen molar-refractivity contribution in [2.75, 3.05) is 12.4 Å². The van der Waals surface area contributed by atoms with Gasteiger partial charge in [-0.25, -0.2) is 4.98 Å².